The summed E-state index contributed by atoms with van der Waals surface area (Å²) in [5.74, 6) is 0.400. The molecule has 0 radical (unpaired) electrons. The highest BCUT2D eigenvalue weighted by Gasteiger charge is 2.24. The van der Waals surface area contributed by atoms with Gasteiger partial charge >= 0.3 is 0 Å². The fraction of sp³-hybridized carbons (Fsp3) is 0.304. The van der Waals surface area contributed by atoms with E-state index in [0.29, 0.717) is 24.2 Å². The van der Waals surface area contributed by atoms with Gasteiger partial charge in [-0.2, -0.15) is 0 Å². The Morgan fingerprint density at radius 3 is 2.41 bits per heavy atom. The van der Waals surface area contributed by atoms with Crippen molar-refractivity contribution in [2.45, 2.75) is 6.92 Å². The van der Waals surface area contributed by atoms with Crippen molar-refractivity contribution >= 4 is 23.3 Å². The van der Waals surface area contributed by atoms with E-state index in [9.17, 15) is 14.7 Å². The Bertz CT molecular complexity index is 987. The Labute approximate surface area is 170 Å². The van der Waals surface area contributed by atoms with Crippen LogP contribution in [0.1, 0.15) is 38.8 Å². The van der Waals surface area contributed by atoms with E-state index in [1.165, 1.54) is 6.07 Å². The van der Waals surface area contributed by atoms with Crippen molar-refractivity contribution in [1.29, 1.82) is 0 Å². The first-order valence-electron chi connectivity index (χ1n) is 9.72. The van der Waals surface area contributed by atoms with Crippen LogP contribution in [0.4, 0.5) is 0 Å². The molecule has 150 valence electrons. The van der Waals surface area contributed by atoms with Gasteiger partial charge in [0.1, 0.15) is 18.1 Å². The summed E-state index contributed by atoms with van der Waals surface area (Å²) in [4.78, 5) is 28.2. The number of phenols is 1. The van der Waals surface area contributed by atoms with Crippen molar-refractivity contribution in [3.8, 4) is 11.5 Å². The second-order valence-electron chi connectivity index (χ2n) is 7.56. The Morgan fingerprint density at radius 2 is 1.76 bits per heavy atom. The van der Waals surface area contributed by atoms with E-state index in [4.69, 9.17) is 4.74 Å². The minimum absolute atomic E-state index is 0.0618. The molecule has 0 saturated carbocycles. The van der Waals surface area contributed by atoms with Crippen molar-refractivity contribution in [3.05, 3.63) is 58.7 Å². The van der Waals surface area contributed by atoms with E-state index in [1.807, 2.05) is 36.1 Å². The molecule has 2 aromatic carbocycles. The van der Waals surface area contributed by atoms with Crippen molar-refractivity contribution in [2.75, 3.05) is 39.8 Å². The Balaban J connectivity index is 1.60. The van der Waals surface area contributed by atoms with E-state index < -0.39 is 0 Å². The number of phenolic OH excluding ortho intramolecular Hbond substituents is 1. The van der Waals surface area contributed by atoms with Gasteiger partial charge in [-0.25, -0.2) is 0 Å². The number of allylic oxidation sites excluding steroid dienone is 1. The number of benzene rings is 2. The first kappa shape index (κ1) is 19.2. The predicted molar refractivity (Wildman–Crippen MR) is 111 cm³/mol. The number of piperazine rings is 1. The highest BCUT2D eigenvalue weighted by molar-refractivity contribution is 5.98. The largest absolute Gasteiger partial charge is 0.507 e. The third-order valence-electron chi connectivity index (χ3n) is 5.78. The molecule has 1 fully saturated rings. The van der Waals surface area contributed by atoms with Crippen LogP contribution in [0.15, 0.2) is 36.4 Å². The Hall–Kier alpha value is -3.12. The molecule has 0 bridgehead atoms. The minimum Gasteiger partial charge on any atom is -0.507 e. The first-order chi connectivity index (χ1) is 14.0. The molecular formula is C23H24N2O4. The molecule has 6 heteroatoms. The van der Waals surface area contributed by atoms with Crippen molar-refractivity contribution < 1.29 is 19.4 Å². The molecule has 2 aliphatic heterocycles. The first-order valence-corrected chi connectivity index (χ1v) is 9.72. The topological polar surface area (TPSA) is 70.1 Å². The number of hydrogen-bond acceptors (Lipinski definition) is 5. The van der Waals surface area contributed by atoms with Crippen molar-refractivity contribution in [1.82, 2.24) is 9.80 Å². The van der Waals surface area contributed by atoms with Gasteiger partial charge in [0.15, 0.2) is 6.29 Å². The summed E-state index contributed by atoms with van der Waals surface area (Å²) in [6.07, 6.45) is 0.616. The number of carbonyl (C=O) groups excluding carboxylic acids is 2. The lowest BCUT2D eigenvalue weighted by Crippen LogP contribution is -2.47. The van der Waals surface area contributed by atoms with Crippen LogP contribution in [0.2, 0.25) is 0 Å². The molecule has 0 aliphatic carbocycles. The summed E-state index contributed by atoms with van der Waals surface area (Å²) in [6, 6.07) is 10.9. The maximum absolute atomic E-state index is 12.7. The SMILES string of the molecule is CC1=C(c2ccc(C(=O)N3CCN(C)CC3)cc2)COc2c1ccc(O)c2C=O. The summed E-state index contributed by atoms with van der Waals surface area (Å²) >= 11 is 0. The maximum atomic E-state index is 12.7. The third-order valence-corrected chi connectivity index (χ3v) is 5.78. The Morgan fingerprint density at radius 1 is 1.07 bits per heavy atom. The summed E-state index contributed by atoms with van der Waals surface area (Å²) in [5.41, 5.74) is 4.62. The van der Waals surface area contributed by atoms with E-state index in [1.54, 1.807) is 6.07 Å². The van der Waals surface area contributed by atoms with Gasteiger partial charge < -0.3 is 19.6 Å². The lowest BCUT2D eigenvalue weighted by molar-refractivity contribution is 0.0664. The maximum Gasteiger partial charge on any atom is 0.253 e. The van der Waals surface area contributed by atoms with Gasteiger partial charge in [0, 0.05) is 42.9 Å². The lowest BCUT2D eigenvalue weighted by atomic mass is 9.91. The lowest BCUT2D eigenvalue weighted by Gasteiger charge is -2.32. The highest BCUT2D eigenvalue weighted by atomic mass is 16.5. The van der Waals surface area contributed by atoms with E-state index in [2.05, 4.69) is 11.9 Å². The zero-order valence-electron chi connectivity index (χ0n) is 16.6. The van der Waals surface area contributed by atoms with Crippen LogP contribution in [-0.2, 0) is 0 Å². The van der Waals surface area contributed by atoms with Crippen LogP contribution >= 0.6 is 0 Å². The van der Waals surface area contributed by atoms with Gasteiger partial charge in [0.2, 0.25) is 0 Å². The average Bonchev–Trinajstić information content (AvgIpc) is 2.74. The van der Waals surface area contributed by atoms with Crippen LogP contribution in [0.25, 0.3) is 11.1 Å². The molecular weight excluding hydrogens is 368 g/mol. The summed E-state index contributed by atoms with van der Waals surface area (Å²) in [7, 11) is 2.07. The smallest absolute Gasteiger partial charge is 0.253 e. The van der Waals surface area contributed by atoms with Crippen LogP contribution in [0, 0.1) is 0 Å². The molecule has 6 nitrogen and oxygen atoms in total. The van der Waals surface area contributed by atoms with Crippen LogP contribution in [0.5, 0.6) is 11.5 Å². The number of rotatable bonds is 3. The average molecular weight is 392 g/mol. The molecule has 0 unspecified atom stereocenters. The summed E-state index contributed by atoms with van der Waals surface area (Å²) < 4.78 is 5.82. The third kappa shape index (κ3) is 3.51. The molecule has 29 heavy (non-hydrogen) atoms. The summed E-state index contributed by atoms with van der Waals surface area (Å²) in [5, 5.41) is 9.87. The van der Waals surface area contributed by atoms with Crippen molar-refractivity contribution in [3.63, 3.8) is 0 Å². The van der Waals surface area contributed by atoms with Gasteiger partial charge in [-0.3, -0.25) is 9.59 Å². The van der Waals surface area contributed by atoms with Gasteiger partial charge in [-0.1, -0.05) is 12.1 Å². The quantitative estimate of drug-likeness (QED) is 0.814. The summed E-state index contributed by atoms with van der Waals surface area (Å²) in [6.45, 7) is 5.56. The molecule has 0 spiro atoms. The van der Waals surface area contributed by atoms with E-state index >= 15 is 0 Å². The van der Waals surface area contributed by atoms with Gasteiger partial charge in [-0.15, -0.1) is 0 Å². The number of fused-ring (bicyclic) bond motifs is 1. The molecule has 4 rings (SSSR count). The Kier molecular flexibility index (Phi) is 5.11. The van der Waals surface area contributed by atoms with Crippen LogP contribution < -0.4 is 4.74 Å². The fourth-order valence-electron chi connectivity index (χ4n) is 3.87. The molecule has 1 saturated heterocycles. The number of likely N-dealkylation sites (N-methyl/N-ethyl adjacent to an activating group) is 1. The number of nitrogens with zero attached hydrogens (tertiary/aromatic N) is 2. The fourth-order valence-corrected chi connectivity index (χ4v) is 3.87. The number of ether oxygens (including phenoxy) is 1. The number of carbonyl (C=O) groups is 2. The zero-order valence-corrected chi connectivity index (χ0v) is 16.6. The zero-order chi connectivity index (χ0) is 20.5. The second-order valence-corrected chi connectivity index (χ2v) is 7.56. The van der Waals surface area contributed by atoms with Crippen LogP contribution in [0.3, 0.4) is 0 Å². The van der Waals surface area contributed by atoms with E-state index in [0.717, 1.165) is 48.5 Å². The molecule has 2 heterocycles. The predicted octanol–water partition coefficient (Wildman–Crippen LogP) is 2.92. The van der Waals surface area contributed by atoms with Gasteiger partial charge in [0.05, 0.1) is 5.56 Å². The van der Waals surface area contributed by atoms with Gasteiger partial charge in [0.25, 0.3) is 5.91 Å². The molecule has 1 N–H and O–H groups in total. The second kappa shape index (κ2) is 7.72. The molecule has 0 aromatic heterocycles. The standard InChI is InChI=1S/C23H24N2O4/c1-15-18-7-8-21(27)19(13-26)22(18)29-14-20(15)16-3-5-17(6-4-16)23(28)25-11-9-24(2)10-12-25/h3-8,13,27H,9-12,14H2,1-2H3. The van der Waals surface area contributed by atoms with Crippen molar-refractivity contribution in [2.24, 2.45) is 0 Å². The van der Waals surface area contributed by atoms with E-state index in [-0.39, 0.29) is 17.2 Å². The number of aldehydes is 1. The number of hydrogen-bond donors (Lipinski definition) is 1. The minimum atomic E-state index is -0.0817. The number of aromatic hydroxyl groups is 1. The normalized spacial score (nSPS) is 17.0. The number of amides is 1. The monoisotopic (exact) mass is 392 g/mol. The molecule has 2 aromatic rings. The molecule has 0 atom stereocenters. The van der Waals surface area contributed by atoms with Crippen LogP contribution in [-0.4, -0.2) is 66.9 Å². The van der Waals surface area contributed by atoms with Gasteiger partial charge in [-0.05, 0) is 49.4 Å². The molecule has 2 aliphatic rings. The highest BCUT2D eigenvalue weighted by Crippen LogP contribution is 2.41. The molecule has 1 amide bonds.